The topological polar surface area (TPSA) is 63.2 Å². The Hall–Kier alpha value is -2.19. The number of hydrogen-bond acceptors (Lipinski definition) is 4. The molecule has 0 fully saturated rings. The van der Waals surface area contributed by atoms with E-state index in [1.165, 1.54) is 13.3 Å². The summed E-state index contributed by atoms with van der Waals surface area (Å²) in [5, 5.41) is 1.98. The zero-order valence-electron chi connectivity index (χ0n) is 12.2. The van der Waals surface area contributed by atoms with Crippen molar-refractivity contribution in [3.63, 3.8) is 0 Å². The van der Waals surface area contributed by atoms with Crippen LogP contribution in [0.5, 0.6) is 0 Å². The van der Waals surface area contributed by atoms with Gasteiger partial charge in [0.05, 0.1) is 23.4 Å². The Kier molecular flexibility index (Phi) is 5.17. The maximum atomic E-state index is 14.2. The number of carbonyl (C=O) groups excluding carboxylic acids is 1. The predicted octanol–water partition coefficient (Wildman–Crippen LogP) is 2.15. The number of amides is 1. The molecule has 2 rings (SSSR count). The molecule has 0 aliphatic rings. The van der Waals surface area contributed by atoms with Crippen molar-refractivity contribution in [2.75, 3.05) is 12.4 Å². The van der Waals surface area contributed by atoms with E-state index in [1.54, 1.807) is 13.0 Å². The van der Waals surface area contributed by atoms with Crippen molar-refractivity contribution in [2.45, 2.75) is 6.92 Å². The van der Waals surface area contributed by atoms with Crippen molar-refractivity contribution in [2.24, 2.45) is 0 Å². The Bertz CT molecular complexity index is 774. The van der Waals surface area contributed by atoms with Gasteiger partial charge >= 0.3 is 0 Å². The molecule has 23 heavy (non-hydrogen) atoms. The van der Waals surface area contributed by atoms with Gasteiger partial charge in [-0.2, -0.15) is 0 Å². The summed E-state index contributed by atoms with van der Waals surface area (Å²) in [5.41, 5.74) is 2.28. The molecule has 1 amide bonds. The smallest absolute Gasteiger partial charge is 0.277 e. The van der Waals surface area contributed by atoms with Gasteiger partial charge < -0.3 is 5.32 Å². The average Bonchev–Trinajstić information content (AvgIpc) is 2.50. The number of hydroxylamine groups is 1. The van der Waals surface area contributed by atoms with Gasteiger partial charge in [-0.25, -0.2) is 19.2 Å². The lowest BCUT2D eigenvalue weighted by molar-refractivity contribution is 0.0538. The van der Waals surface area contributed by atoms with Crippen molar-refractivity contribution in [1.82, 2.24) is 10.5 Å². The molecule has 0 bridgehead atoms. The van der Waals surface area contributed by atoms with Gasteiger partial charge in [-0.05, 0) is 18.6 Å². The lowest BCUT2D eigenvalue weighted by Crippen LogP contribution is -2.24. The first-order valence-corrected chi connectivity index (χ1v) is 6.73. The second-order valence-electron chi connectivity index (χ2n) is 4.62. The third-order valence-corrected chi connectivity index (χ3v) is 3.17. The lowest BCUT2D eigenvalue weighted by atomic mass is 9.95. The van der Waals surface area contributed by atoms with E-state index in [9.17, 15) is 13.6 Å². The molecule has 9 heteroatoms. The summed E-state index contributed by atoms with van der Waals surface area (Å²) in [5.74, 6) is -3.38. The highest BCUT2D eigenvalue weighted by atomic mass is 35.5. The molecule has 1 aromatic heterocycles. The predicted molar refractivity (Wildman–Crippen MR) is 83.5 cm³/mol. The van der Waals surface area contributed by atoms with Crippen LogP contribution in [0.25, 0.3) is 0 Å². The summed E-state index contributed by atoms with van der Waals surface area (Å²) in [6.07, 6.45) is 1.48. The molecule has 0 aliphatic heterocycles. The summed E-state index contributed by atoms with van der Waals surface area (Å²) < 4.78 is 27.9. The molecule has 1 aromatic carbocycles. The number of carbonyl (C=O) groups is 1. The quantitative estimate of drug-likeness (QED) is 0.510. The van der Waals surface area contributed by atoms with E-state index in [0.717, 1.165) is 11.6 Å². The number of halogens is 3. The standard InChI is InChI=1S/C14H11BClF2N3O2/c1-6-3-8(15)13(19-5-6)20-12-7(14(22)21-23-2)4-9(16)10(17)11(12)18/h3-5H,1-2H3,(H,19,20)(H,21,22). The minimum absolute atomic E-state index is 0.0719. The first-order chi connectivity index (χ1) is 10.8. The van der Waals surface area contributed by atoms with Crippen LogP contribution in [-0.2, 0) is 4.84 Å². The van der Waals surface area contributed by atoms with Gasteiger partial charge in [0, 0.05) is 6.20 Å². The van der Waals surface area contributed by atoms with Gasteiger partial charge in [0.1, 0.15) is 13.7 Å². The average molecular weight is 338 g/mol. The first-order valence-electron chi connectivity index (χ1n) is 6.35. The number of nitrogens with zero attached hydrogens (tertiary/aromatic N) is 1. The van der Waals surface area contributed by atoms with Crippen molar-refractivity contribution in [1.29, 1.82) is 0 Å². The number of benzene rings is 1. The van der Waals surface area contributed by atoms with Crippen LogP contribution in [0.2, 0.25) is 5.02 Å². The third-order valence-electron chi connectivity index (χ3n) is 2.90. The zero-order valence-corrected chi connectivity index (χ0v) is 13.0. The number of aryl methyl sites for hydroxylation is 1. The van der Waals surface area contributed by atoms with E-state index in [-0.39, 0.29) is 16.8 Å². The summed E-state index contributed by atoms with van der Waals surface area (Å²) in [4.78, 5) is 20.4. The van der Waals surface area contributed by atoms with E-state index in [1.807, 2.05) is 5.48 Å². The minimum Gasteiger partial charge on any atom is -0.338 e. The number of hydrogen-bond donors (Lipinski definition) is 2. The highest BCUT2D eigenvalue weighted by molar-refractivity contribution is 6.35. The van der Waals surface area contributed by atoms with E-state index in [4.69, 9.17) is 19.4 Å². The van der Waals surface area contributed by atoms with Gasteiger partial charge in [0.2, 0.25) is 0 Å². The molecule has 0 saturated heterocycles. The number of aromatic nitrogens is 1. The van der Waals surface area contributed by atoms with Crippen LogP contribution in [0, 0.1) is 18.6 Å². The summed E-state index contributed by atoms with van der Waals surface area (Å²) in [6, 6.07) is 2.56. The maximum Gasteiger partial charge on any atom is 0.277 e. The fourth-order valence-electron chi connectivity index (χ4n) is 1.86. The van der Waals surface area contributed by atoms with E-state index in [2.05, 4.69) is 15.1 Å². The molecule has 2 radical (unpaired) electrons. The van der Waals surface area contributed by atoms with E-state index >= 15 is 0 Å². The van der Waals surface area contributed by atoms with Crippen LogP contribution in [-0.4, -0.2) is 25.8 Å². The van der Waals surface area contributed by atoms with Crippen LogP contribution >= 0.6 is 11.6 Å². The Morgan fingerprint density at radius 1 is 1.35 bits per heavy atom. The van der Waals surface area contributed by atoms with Gasteiger partial charge in [-0.3, -0.25) is 9.63 Å². The van der Waals surface area contributed by atoms with Gasteiger partial charge in [0.25, 0.3) is 5.91 Å². The van der Waals surface area contributed by atoms with Crippen molar-refractivity contribution >= 4 is 42.3 Å². The molecule has 0 aliphatic carbocycles. The Balaban J connectivity index is 2.55. The van der Waals surface area contributed by atoms with Crippen LogP contribution in [0.1, 0.15) is 15.9 Å². The summed E-state index contributed by atoms with van der Waals surface area (Å²) >= 11 is 5.59. The van der Waals surface area contributed by atoms with Crippen molar-refractivity contribution in [3.8, 4) is 0 Å². The second-order valence-corrected chi connectivity index (χ2v) is 5.03. The molecule has 2 N–H and O–H groups in total. The fourth-order valence-corrected chi connectivity index (χ4v) is 2.05. The van der Waals surface area contributed by atoms with Crippen molar-refractivity contribution < 1.29 is 18.4 Å². The zero-order chi connectivity index (χ0) is 17.1. The van der Waals surface area contributed by atoms with Crippen LogP contribution in [0.3, 0.4) is 0 Å². The highest BCUT2D eigenvalue weighted by Crippen LogP contribution is 2.30. The number of nitrogens with one attached hydrogen (secondary N) is 2. The Morgan fingerprint density at radius 3 is 2.65 bits per heavy atom. The molecule has 118 valence electrons. The molecule has 2 aromatic rings. The maximum absolute atomic E-state index is 14.2. The molecule has 0 spiro atoms. The van der Waals surface area contributed by atoms with E-state index < -0.39 is 28.3 Å². The highest BCUT2D eigenvalue weighted by Gasteiger charge is 2.23. The molecular formula is C14H11BClF2N3O2. The molecule has 1 heterocycles. The molecule has 5 nitrogen and oxygen atoms in total. The summed E-state index contributed by atoms with van der Waals surface area (Å²) in [7, 11) is 6.98. The van der Waals surface area contributed by atoms with E-state index in [0.29, 0.717) is 0 Å². The Morgan fingerprint density at radius 2 is 2.04 bits per heavy atom. The third kappa shape index (κ3) is 3.60. The summed E-state index contributed by atoms with van der Waals surface area (Å²) in [6.45, 7) is 1.77. The largest absolute Gasteiger partial charge is 0.338 e. The Labute approximate surface area is 137 Å². The molecular weight excluding hydrogens is 326 g/mol. The lowest BCUT2D eigenvalue weighted by Gasteiger charge is -2.15. The van der Waals surface area contributed by atoms with Gasteiger partial charge in [-0.1, -0.05) is 23.1 Å². The molecule has 0 unspecified atom stereocenters. The van der Waals surface area contributed by atoms with Gasteiger partial charge in [0.15, 0.2) is 11.6 Å². The number of pyridine rings is 1. The molecule has 0 atom stereocenters. The normalized spacial score (nSPS) is 10.5. The molecule has 0 saturated carbocycles. The number of rotatable bonds is 4. The number of anilines is 2. The SMILES string of the molecule is [B]c1cc(C)cnc1Nc1c(C(=O)NOC)cc(Cl)c(F)c1F. The second kappa shape index (κ2) is 6.93. The van der Waals surface area contributed by atoms with Gasteiger partial charge in [-0.15, -0.1) is 0 Å². The fraction of sp³-hybridized carbons (Fsp3) is 0.143. The monoisotopic (exact) mass is 337 g/mol. The first kappa shape index (κ1) is 17.2. The van der Waals surface area contributed by atoms with Crippen LogP contribution in [0.15, 0.2) is 18.3 Å². The van der Waals surface area contributed by atoms with Crippen LogP contribution in [0.4, 0.5) is 20.3 Å². The van der Waals surface area contributed by atoms with Crippen LogP contribution < -0.4 is 16.3 Å². The van der Waals surface area contributed by atoms with Crippen molar-refractivity contribution in [3.05, 3.63) is 46.1 Å². The minimum atomic E-state index is -1.33.